The highest BCUT2D eigenvalue weighted by molar-refractivity contribution is 4.72. The normalized spacial score (nSPS) is 15.3. The summed E-state index contributed by atoms with van der Waals surface area (Å²) in [5.41, 5.74) is -0.0176. The van der Waals surface area contributed by atoms with Gasteiger partial charge in [-0.3, -0.25) is 5.32 Å². The Bertz CT molecular complexity index is 88.1. The molecule has 0 aromatic rings. The van der Waals surface area contributed by atoms with Crippen LogP contribution in [-0.4, -0.2) is 30.5 Å². The minimum absolute atomic E-state index is 0.0176. The summed E-state index contributed by atoms with van der Waals surface area (Å²) in [6, 6.07) is 0. The molecular weight excluding hydrogens is 128 g/mol. The van der Waals surface area contributed by atoms with Crippen molar-refractivity contribution in [2.75, 3.05) is 13.6 Å². The lowest BCUT2D eigenvalue weighted by atomic mass is 10.1. The zero-order valence-electron chi connectivity index (χ0n) is 7.23. The van der Waals surface area contributed by atoms with Crippen molar-refractivity contribution >= 4 is 0 Å². The number of aliphatic hydroxyl groups is 1. The maximum Gasteiger partial charge on any atom is 0.117 e. The van der Waals surface area contributed by atoms with Gasteiger partial charge in [-0.25, -0.2) is 0 Å². The van der Waals surface area contributed by atoms with Crippen LogP contribution < -0.4 is 10.6 Å². The highest BCUT2D eigenvalue weighted by Crippen LogP contribution is 1.98. The van der Waals surface area contributed by atoms with Crippen molar-refractivity contribution in [3.63, 3.8) is 0 Å². The Hall–Kier alpha value is -0.120. The number of hydrogen-bond acceptors (Lipinski definition) is 3. The molecule has 62 valence electrons. The Morgan fingerprint density at radius 3 is 2.20 bits per heavy atom. The molecule has 0 saturated carbocycles. The summed E-state index contributed by atoms with van der Waals surface area (Å²) in [6.45, 7) is 6.64. The van der Waals surface area contributed by atoms with Crippen molar-refractivity contribution in [1.29, 1.82) is 0 Å². The maximum absolute atomic E-state index is 9.21. The van der Waals surface area contributed by atoms with E-state index in [-0.39, 0.29) is 5.54 Å². The SMILES string of the molecule is CNCC(O)NC(C)(C)C. The lowest BCUT2D eigenvalue weighted by Gasteiger charge is -2.24. The summed E-state index contributed by atoms with van der Waals surface area (Å²) in [7, 11) is 1.81. The third-order valence-electron chi connectivity index (χ3n) is 0.997. The summed E-state index contributed by atoms with van der Waals surface area (Å²) in [5.74, 6) is 0. The van der Waals surface area contributed by atoms with Crippen molar-refractivity contribution in [2.24, 2.45) is 0 Å². The summed E-state index contributed by atoms with van der Waals surface area (Å²) in [5, 5.41) is 15.1. The molecule has 0 aliphatic rings. The molecule has 0 heterocycles. The smallest absolute Gasteiger partial charge is 0.117 e. The lowest BCUT2D eigenvalue weighted by molar-refractivity contribution is 0.107. The molecule has 0 amide bonds. The molecule has 0 aliphatic carbocycles. The van der Waals surface area contributed by atoms with E-state index in [1.165, 1.54) is 0 Å². The Kier molecular flexibility index (Phi) is 3.86. The average molecular weight is 146 g/mol. The minimum Gasteiger partial charge on any atom is -0.377 e. The van der Waals surface area contributed by atoms with Crippen molar-refractivity contribution in [1.82, 2.24) is 10.6 Å². The van der Waals surface area contributed by atoms with Gasteiger partial charge in [0.15, 0.2) is 0 Å². The van der Waals surface area contributed by atoms with Crippen LogP contribution in [0.15, 0.2) is 0 Å². The van der Waals surface area contributed by atoms with Crippen LogP contribution >= 0.6 is 0 Å². The molecule has 3 heteroatoms. The number of hydrogen-bond donors (Lipinski definition) is 3. The van der Waals surface area contributed by atoms with Gasteiger partial charge in [0.05, 0.1) is 0 Å². The predicted molar refractivity (Wildman–Crippen MR) is 42.8 cm³/mol. The first-order chi connectivity index (χ1) is 4.45. The molecule has 0 spiro atoms. The highest BCUT2D eigenvalue weighted by atomic mass is 16.3. The van der Waals surface area contributed by atoms with Gasteiger partial charge in [0, 0.05) is 12.1 Å². The van der Waals surface area contributed by atoms with E-state index in [0.29, 0.717) is 6.54 Å². The topological polar surface area (TPSA) is 44.3 Å². The molecule has 0 bridgehead atoms. The van der Waals surface area contributed by atoms with E-state index in [2.05, 4.69) is 10.6 Å². The second kappa shape index (κ2) is 3.91. The Morgan fingerprint density at radius 2 is 1.90 bits per heavy atom. The molecule has 0 radical (unpaired) electrons. The van der Waals surface area contributed by atoms with Crippen LogP contribution in [0.25, 0.3) is 0 Å². The molecule has 0 aromatic heterocycles. The van der Waals surface area contributed by atoms with Gasteiger partial charge in [-0.1, -0.05) is 0 Å². The summed E-state index contributed by atoms with van der Waals surface area (Å²) in [4.78, 5) is 0. The van der Waals surface area contributed by atoms with Crippen molar-refractivity contribution in [2.45, 2.75) is 32.5 Å². The second-order valence-electron chi connectivity index (χ2n) is 3.47. The van der Waals surface area contributed by atoms with Gasteiger partial charge in [-0.05, 0) is 27.8 Å². The number of nitrogens with one attached hydrogen (secondary N) is 2. The average Bonchev–Trinajstić information content (AvgIpc) is 1.59. The summed E-state index contributed by atoms with van der Waals surface area (Å²) < 4.78 is 0. The van der Waals surface area contributed by atoms with Gasteiger partial charge in [-0.15, -0.1) is 0 Å². The Labute approximate surface area is 62.8 Å². The zero-order chi connectivity index (χ0) is 8.20. The molecule has 0 aromatic carbocycles. The molecule has 3 nitrogen and oxygen atoms in total. The van der Waals surface area contributed by atoms with E-state index >= 15 is 0 Å². The quantitative estimate of drug-likeness (QED) is 0.488. The van der Waals surface area contributed by atoms with E-state index in [1.807, 2.05) is 27.8 Å². The third kappa shape index (κ3) is 6.01. The summed E-state index contributed by atoms with van der Waals surface area (Å²) >= 11 is 0. The van der Waals surface area contributed by atoms with Crippen LogP contribution in [0.3, 0.4) is 0 Å². The maximum atomic E-state index is 9.21. The van der Waals surface area contributed by atoms with E-state index in [1.54, 1.807) is 0 Å². The fraction of sp³-hybridized carbons (Fsp3) is 1.00. The number of likely N-dealkylation sites (N-methyl/N-ethyl adjacent to an activating group) is 1. The van der Waals surface area contributed by atoms with Crippen molar-refractivity contribution in [3.8, 4) is 0 Å². The van der Waals surface area contributed by atoms with Crippen LogP contribution in [0.2, 0.25) is 0 Å². The van der Waals surface area contributed by atoms with Gasteiger partial charge in [0.25, 0.3) is 0 Å². The molecule has 0 rings (SSSR count). The van der Waals surface area contributed by atoms with Crippen LogP contribution in [0.5, 0.6) is 0 Å². The molecule has 0 fully saturated rings. The van der Waals surface area contributed by atoms with E-state index in [0.717, 1.165) is 0 Å². The largest absolute Gasteiger partial charge is 0.377 e. The molecular formula is C7H18N2O. The Morgan fingerprint density at radius 1 is 1.40 bits per heavy atom. The molecule has 1 atom stereocenters. The Balaban J connectivity index is 3.47. The van der Waals surface area contributed by atoms with Gasteiger partial charge >= 0.3 is 0 Å². The summed E-state index contributed by atoms with van der Waals surface area (Å²) in [6.07, 6.45) is -0.454. The molecule has 1 unspecified atom stereocenters. The lowest BCUT2D eigenvalue weighted by Crippen LogP contribution is -2.47. The number of rotatable bonds is 3. The van der Waals surface area contributed by atoms with E-state index < -0.39 is 6.23 Å². The zero-order valence-corrected chi connectivity index (χ0v) is 7.23. The van der Waals surface area contributed by atoms with Gasteiger partial charge < -0.3 is 10.4 Å². The monoisotopic (exact) mass is 146 g/mol. The van der Waals surface area contributed by atoms with Gasteiger partial charge in [0.2, 0.25) is 0 Å². The minimum atomic E-state index is -0.454. The van der Waals surface area contributed by atoms with Crippen LogP contribution in [0.1, 0.15) is 20.8 Å². The fourth-order valence-electron chi connectivity index (χ4n) is 0.744. The first-order valence-corrected chi connectivity index (χ1v) is 3.56. The van der Waals surface area contributed by atoms with Gasteiger partial charge in [0.1, 0.15) is 6.23 Å². The standard InChI is InChI=1S/C7H18N2O/c1-7(2,3)9-6(10)5-8-4/h6,8-10H,5H2,1-4H3. The first-order valence-electron chi connectivity index (χ1n) is 3.56. The second-order valence-corrected chi connectivity index (χ2v) is 3.47. The van der Waals surface area contributed by atoms with E-state index in [9.17, 15) is 5.11 Å². The molecule has 0 aliphatic heterocycles. The third-order valence-corrected chi connectivity index (χ3v) is 0.997. The molecule has 3 N–H and O–H groups in total. The van der Waals surface area contributed by atoms with Crippen molar-refractivity contribution in [3.05, 3.63) is 0 Å². The fourth-order valence-corrected chi connectivity index (χ4v) is 0.744. The van der Waals surface area contributed by atoms with Gasteiger partial charge in [-0.2, -0.15) is 0 Å². The first kappa shape index (κ1) is 9.88. The predicted octanol–water partition coefficient (Wildman–Crippen LogP) is -0.0877. The van der Waals surface area contributed by atoms with Crippen LogP contribution in [0.4, 0.5) is 0 Å². The van der Waals surface area contributed by atoms with Crippen LogP contribution in [-0.2, 0) is 0 Å². The van der Waals surface area contributed by atoms with Crippen molar-refractivity contribution < 1.29 is 5.11 Å². The highest BCUT2D eigenvalue weighted by Gasteiger charge is 2.13. The van der Waals surface area contributed by atoms with Crippen LogP contribution in [0, 0.1) is 0 Å². The number of aliphatic hydroxyl groups excluding tert-OH is 1. The molecule has 0 saturated heterocycles. The molecule has 10 heavy (non-hydrogen) atoms. The van der Waals surface area contributed by atoms with E-state index in [4.69, 9.17) is 0 Å².